The minimum atomic E-state index is -0.992. The Morgan fingerprint density at radius 1 is 1.00 bits per heavy atom. The van der Waals surface area contributed by atoms with Gasteiger partial charge in [0.1, 0.15) is 6.04 Å². The van der Waals surface area contributed by atoms with Crippen molar-refractivity contribution in [3.63, 3.8) is 0 Å². The van der Waals surface area contributed by atoms with Gasteiger partial charge in [-0.05, 0) is 29.2 Å². The number of carbonyl (C=O) groups excluding carboxylic acids is 1. The summed E-state index contributed by atoms with van der Waals surface area (Å²) in [4.78, 5) is 24.1. The molecule has 0 aliphatic carbocycles. The van der Waals surface area contributed by atoms with Gasteiger partial charge in [-0.15, -0.1) is 0 Å². The normalized spacial score (nSPS) is 12.3. The zero-order chi connectivity index (χ0) is 18.2. The van der Waals surface area contributed by atoms with Gasteiger partial charge >= 0.3 is 5.97 Å². The standard InChI is InChI=1S/C21H27NO3/c1-3-7-17(8-4-2)20(23)22-19(21(24)25)14-15-11-12-16-9-5-6-10-18(16)13-15/h5-6,9-13,17,19H,3-4,7-8,14H2,1-2H3,(H,22,23)(H,24,25). The Kier molecular flexibility index (Phi) is 6.99. The topological polar surface area (TPSA) is 66.4 Å². The third kappa shape index (κ3) is 5.31. The molecule has 0 fully saturated rings. The quantitative estimate of drug-likeness (QED) is 0.719. The van der Waals surface area contributed by atoms with E-state index in [0.717, 1.165) is 42.0 Å². The van der Waals surface area contributed by atoms with Gasteiger partial charge in [-0.1, -0.05) is 69.2 Å². The molecule has 1 unspecified atom stereocenters. The number of carboxylic acids is 1. The molecule has 0 radical (unpaired) electrons. The van der Waals surface area contributed by atoms with E-state index in [-0.39, 0.29) is 18.2 Å². The molecule has 0 heterocycles. The fourth-order valence-corrected chi connectivity index (χ4v) is 3.19. The number of carbonyl (C=O) groups is 2. The molecule has 25 heavy (non-hydrogen) atoms. The number of benzene rings is 2. The van der Waals surface area contributed by atoms with Crippen molar-refractivity contribution in [1.82, 2.24) is 5.32 Å². The van der Waals surface area contributed by atoms with Crippen LogP contribution in [0.4, 0.5) is 0 Å². The highest BCUT2D eigenvalue weighted by atomic mass is 16.4. The van der Waals surface area contributed by atoms with Crippen LogP contribution in [0.5, 0.6) is 0 Å². The van der Waals surface area contributed by atoms with Crippen molar-refractivity contribution in [3.05, 3.63) is 48.0 Å². The molecular weight excluding hydrogens is 314 g/mol. The molecule has 134 valence electrons. The summed E-state index contributed by atoms with van der Waals surface area (Å²) in [6.45, 7) is 4.08. The van der Waals surface area contributed by atoms with Gasteiger partial charge in [0.15, 0.2) is 0 Å². The Morgan fingerprint density at radius 3 is 2.24 bits per heavy atom. The number of aliphatic carboxylic acids is 1. The number of hydrogen-bond acceptors (Lipinski definition) is 2. The minimum Gasteiger partial charge on any atom is -0.480 e. The van der Waals surface area contributed by atoms with Crippen LogP contribution in [0, 0.1) is 5.92 Å². The highest BCUT2D eigenvalue weighted by Gasteiger charge is 2.24. The van der Waals surface area contributed by atoms with Crippen LogP contribution in [0.15, 0.2) is 42.5 Å². The average molecular weight is 341 g/mol. The second-order valence-electron chi connectivity index (χ2n) is 6.56. The van der Waals surface area contributed by atoms with Crippen LogP contribution in [0.25, 0.3) is 10.8 Å². The Bertz CT molecular complexity index is 720. The molecule has 2 aromatic rings. The monoisotopic (exact) mass is 341 g/mol. The second kappa shape index (κ2) is 9.21. The van der Waals surface area contributed by atoms with E-state index in [4.69, 9.17) is 0 Å². The maximum atomic E-state index is 12.5. The highest BCUT2D eigenvalue weighted by molar-refractivity contribution is 5.86. The first-order valence-corrected chi connectivity index (χ1v) is 9.06. The lowest BCUT2D eigenvalue weighted by molar-refractivity contribution is -0.142. The van der Waals surface area contributed by atoms with Gasteiger partial charge in [0.2, 0.25) is 5.91 Å². The van der Waals surface area contributed by atoms with E-state index >= 15 is 0 Å². The van der Waals surface area contributed by atoms with Crippen molar-refractivity contribution < 1.29 is 14.7 Å². The molecule has 2 aromatic carbocycles. The lowest BCUT2D eigenvalue weighted by Gasteiger charge is -2.20. The molecule has 0 spiro atoms. The van der Waals surface area contributed by atoms with Gasteiger partial charge in [0, 0.05) is 12.3 Å². The summed E-state index contributed by atoms with van der Waals surface area (Å²) in [6, 6.07) is 13.0. The molecule has 0 bridgehead atoms. The smallest absolute Gasteiger partial charge is 0.326 e. The molecule has 1 atom stereocenters. The Hall–Kier alpha value is -2.36. The zero-order valence-electron chi connectivity index (χ0n) is 15.0. The van der Waals surface area contributed by atoms with E-state index < -0.39 is 12.0 Å². The molecular formula is C21H27NO3. The van der Waals surface area contributed by atoms with Crippen molar-refractivity contribution in [2.75, 3.05) is 0 Å². The van der Waals surface area contributed by atoms with Crippen LogP contribution in [-0.4, -0.2) is 23.0 Å². The maximum absolute atomic E-state index is 12.5. The van der Waals surface area contributed by atoms with E-state index in [1.807, 2.05) is 56.3 Å². The molecule has 0 aromatic heterocycles. The van der Waals surface area contributed by atoms with E-state index in [0.29, 0.717) is 0 Å². The lowest BCUT2D eigenvalue weighted by Crippen LogP contribution is -2.45. The van der Waals surface area contributed by atoms with Crippen molar-refractivity contribution in [2.45, 2.75) is 52.0 Å². The third-order valence-electron chi connectivity index (χ3n) is 4.51. The number of amides is 1. The van der Waals surface area contributed by atoms with Crippen LogP contribution in [-0.2, 0) is 16.0 Å². The molecule has 2 N–H and O–H groups in total. The summed E-state index contributed by atoms with van der Waals surface area (Å²) >= 11 is 0. The zero-order valence-corrected chi connectivity index (χ0v) is 15.0. The minimum absolute atomic E-state index is 0.103. The second-order valence-corrected chi connectivity index (χ2v) is 6.56. The average Bonchev–Trinajstić information content (AvgIpc) is 2.60. The predicted octanol–water partition coefficient (Wildman–Crippen LogP) is 4.17. The molecule has 4 nitrogen and oxygen atoms in total. The molecule has 1 amide bonds. The fraction of sp³-hybridized carbons (Fsp3) is 0.429. The first kappa shape index (κ1) is 19.0. The molecule has 0 aliphatic heterocycles. The number of nitrogens with one attached hydrogen (secondary N) is 1. The van der Waals surface area contributed by atoms with Gasteiger partial charge in [-0.25, -0.2) is 4.79 Å². The Balaban J connectivity index is 2.11. The number of rotatable bonds is 9. The summed E-state index contributed by atoms with van der Waals surface area (Å²) < 4.78 is 0. The molecule has 0 aliphatic rings. The van der Waals surface area contributed by atoms with Gasteiger partial charge in [0.05, 0.1) is 0 Å². The van der Waals surface area contributed by atoms with Crippen molar-refractivity contribution in [2.24, 2.45) is 5.92 Å². The Labute approximate surface area is 149 Å². The van der Waals surface area contributed by atoms with Gasteiger partial charge in [-0.3, -0.25) is 4.79 Å². The van der Waals surface area contributed by atoms with Crippen LogP contribution >= 0.6 is 0 Å². The molecule has 2 rings (SSSR count). The van der Waals surface area contributed by atoms with E-state index in [2.05, 4.69) is 5.32 Å². The SMILES string of the molecule is CCCC(CCC)C(=O)NC(Cc1ccc2ccccc2c1)C(=O)O. The number of fused-ring (bicyclic) bond motifs is 1. The summed E-state index contributed by atoms with van der Waals surface area (Å²) in [7, 11) is 0. The predicted molar refractivity (Wildman–Crippen MR) is 101 cm³/mol. The van der Waals surface area contributed by atoms with Gasteiger partial charge in [0.25, 0.3) is 0 Å². The fourth-order valence-electron chi connectivity index (χ4n) is 3.19. The molecule has 0 saturated heterocycles. The number of hydrogen-bond donors (Lipinski definition) is 2. The summed E-state index contributed by atoms with van der Waals surface area (Å²) in [6.07, 6.45) is 3.71. The van der Waals surface area contributed by atoms with Crippen molar-refractivity contribution >= 4 is 22.6 Å². The van der Waals surface area contributed by atoms with E-state index in [1.54, 1.807) is 0 Å². The highest BCUT2D eigenvalue weighted by Crippen LogP contribution is 2.18. The van der Waals surface area contributed by atoms with Crippen LogP contribution in [0.1, 0.15) is 45.1 Å². The Morgan fingerprint density at radius 2 is 1.64 bits per heavy atom. The van der Waals surface area contributed by atoms with Crippen LogP contribution < -0.4 is 5.32 Å². The van der Waals surface area contributed by atoms with E-state index in [9.17, 15) is 14.7 Å². The van der Waals surface area contributed by atoms with Crippen molar-refractivity contribution in [1.29, 1.82) is 0 Å². The molecule has 0 saturated carbocycles. The summed E-state index contributed by atoms with van der Waals surface area (Å²) in [5, 5.41) is 14.5. The van der Waals surface area contributed by atoms with Crippen molar-refractivity contribution in [3.8, 4) is 0 Å². The van der Waals surface area contributed by atoms with E-state index in [1.165, 1.54) is 0 Å². The number of carboxylic acid groups (broad SMARTS) is 1. The van der Waals surface area contributed by atoms with Gasteiger partial charge in [-0.2, -0.15) is 0 Å². The van der Waals surface area contributed by atoms with Crippen LogP contribution in [0.2, 0.25) is 0 Å². The first-order chi connectivity index (χ1) is 12.0. The third-order valence-corrected chi connectivity index (χ3v) is 4.51. The maximum Gasteiger partial charge on any atom is 0.326 e. The van der Waals surface area contributed by atoms with Gasteiger partial charge < -0.3 is 10.4 Å². The summed E-state index contributed by atoms with van der Waals surface area (Å²) in [5.41, 5.74) is 0.911. The largest absolute Gasteiger partial charge is 0.480 e. The lowest BCUT2D eigenvalue weighted by atomic mass is 9.96. The summed E-state index contributed by atoms with van der Waals surface area (Å²) in [5.74, 6) is -1.24. The molecule has 4 heteroatoms. The van der Waals surface area contributed by atoms with Crippen LogP contribution in [0.3, 0.4) is 0 Å². The first-order valence-electron chi connectivity index (χ1n) is 9.06.